The molecule has 5 rings (SSSR count). The van der Waals surface area contributed by atoms with Crippen molar-refractivity contribution in [2.24, 2.45) is 35.5 Å². The van der Waals surface area contributed by atoms with Gasteiger partial charge in [-0.05, 0) is 61.2 Å². The van der Waals surface area contributed by atoms with Crippen molar-refractivity contribution in [1.29, 1.82) is 0 Å². The lowest BCUT2D eigenvalue weighted by atomic mass is 9.95. The average Bonchev–Trinajstić information content (AvgIpc) is 3.60. The van der Waals surface area contributed by atoms with E-state index < -0.39 is 0 Å². The van der Waals surface area contributed by atoms with E-state index in [-0.39, 0.29) is 0 Å². The summed E-state index contributed by atoms with van der Waals surface area (Å²) >= 11 is 0. The largest absolute Gasteiger partial charge is 0.378 e. The van der Waals surface area contributed by atoms with Crippen LogP contribution in [0.5, 0.6) is 0 Å². The van der Waals surface area contributed by atoms with Crippen molar-refractivity contribution in [3.05, 3.63) is 37.5 Å². The molecule has 0 N–H and O–H groups in total. The van der Waals surface area contributed by atoms with Crippen LogP contribution < -0.4 is 0 Å². The molecule has 0 radical (unpaired) electrons. The molecule has 0 aromatic rings. The van der Waals surface area contributed by atoms with E-state index in [4.69, 9.17) is 18.9 Å². The van der Waals surface area contributed by atoms with Crippen LogP contribution in [0.1, 0.15) is 25.7 Å². The number of fused-ring (bicyclic) bond motifs is 2. The summed E-state index contributed by atoms with van der Waals surface area (Å²) in [6.45, 7) is 12.9. The van der Waals surface area contributed by atoms with Gasteiger partial charge in [-0.3, -0.25) is 0 Å². The van der Waals surface area contributed by atoms with Gasteiger partial charge in [-0.15, -0.1) is 13.2 Å². The maximum atomic E-state index is 5.66. The molecule has 0 aromatic heterocycles. The van der Waals surface area contributed by atoms with Crippen LogP contribution in [-0.4, -0.2) is 51.8 Å². The normalized spacial score (nSPS) is 42.1. The molecule has 0 aromatic carbocycles. The van der Waals surface area contributed by atoms with E-state index in [1.165, 1.54) is 25.7 Å². The van der Waals surface area contributed by atoms with Gasteiger partial charge in [0, 0.05) is 0 Å². The molecule has 5 aliphatic rings. The van der Waals surface area contributed by atoms with E-state index in [0.29, 0.717) is 30.0 Å². The van der Waals surface area contributed by atoms with Gasteiger partial charge < -0.3 is 18.9 Å². The zero-order valence-electron chi connectivity index (χ0n) is 17.0. The Bertz CT molecular complexity index is 551. The highest BCUT2D eigenvalue weighted by Gasteiger charge is 2.36. The fraction of sp³-hybridized carbons (Fsp3) is 0.750. The van der Waals surface area contributed by atoms with E-state index in [0.717, 1.165) is 57.4 Å². The number of epoxide rings is 2. The standard InChI is InChI=1S/C13H20O2.C11H16O2/c1-3-10-5-11(4-2)12(6-10)7-14-8-13-9-15-13;1-2-9-3-8(1)4-10(9)5-12-6-11-7-13-11/h3-4,10-13H,1-2,5-9H2;1-2,8-11H,3-7H2. The maximum absolute atomic E-state index is 5.66. The van der Waals surface area contributed by atoms with Gasteiger partial charge in [0.2, 0.25) is 0 Å². The Hall–Kier alpha value is -0.940. The summed E-state index contributed by atoms with van der Waals surface area (Å²) < 4.78 is 21.5. The Labute approximate surface area is 169 Å². The van der Waals surface area contributed by atoms with Crippen molar-refractivity contribution in [2.75, 3.05) is 39.6 Å². The average molecular weight is 389 g/mol. The predicted octanol–water partition coefficient (Wildman–Crippen LogP) is 4.03. The second-order valence-electron chi connectivity index (χ2n) is 9.15. The number of rotatable bonds is 10. The molecule has 2 saturated carbocycles. The van der Waals surface area contributed by atoms with Gasteiger partial charge in [-0.25, -0.2) is 0 Å². The third-order valence-corrected chi connectivity index (χ3v) is 6.91. The summed E-state index contributed by atoms with van der Waals surface area (Å²) in [6.07, 6.45) is 14.8. The third kappa shape index (κ3) is 5.79. The molecule has 8 atom stereocenters. The van der Waals surface area contributed by atoms with Crippen LogP contribution in [-0.2, 0) is 18.9 Å². The highest BCUT2D eigenvalue weighted by molar-refractivity contribution is 5.10. The summed E-state index contributed by atoms with van der Waals surface area (Å²) in [5.74, 6) is 4.38. The van der Waals surface area contributed by atoms with Crippen molar-refractivity contribution >= 4 is 0 Å². The van der Waals surface area contributed by atoms with Crippen molar-refractivity contribution in [3.63, 3.8) is 0 Å². The number of hydrogen-bond donors (Lipinski definition) is 0. The smallest absolute Gasteiger partial charge is 0.104 e. The molecule has 2 aliphatic heterocycles. The minimum Gasteiger partial charge on any atom is -0.378 e. The summed E-state index contributed by atoms with van der Waals surface area (Å²) in [4.78, 5) is 0. The van der Waals surface area contributed by atoms with Crippen LogP contribution in [0.4, 0.5) is 0 Å². The molecule has 0 amide bonds. The molecular weight excluding hydrogens is 352 g/mol. The van der Waals surface area contributed by atoms with Crippen LogP contribution in [0.15, 0.2) is 37.5 Å². The van der Waals surface area contributed by atoms with E-state index in [2.05, 4.69) is 37.5 Å². The molecule has 4 nitrogen and oxygen atoms in total. The minimum atomic E-state index is 0.379. The zero-order valence-corrected chi connectivity index (χ0v) is 17.0. The van der Waals surface area contributed by atoms with E-state index in [1.807, 2.05) is 0 Å². The van der Waals surface area contributed by atoms with Gasteiger partial charge in [0.1, 0.15) is 12.2 Å². The van der Waals surface area contributed by atoms with Gasteiger partial charge in [0.05, 0.1) is 39.6 Å². The second kappa shape index (κ2) is 9.71. The topological polar surface area (TPSA) is 43.5 Å². The number of allylic oxidation sites excluding steroid dienone is 4. The fourth-order valence-corrected chi connectivity index (χ4v) is 4.99. The summed E-state index contributed by atoms with van der Waals surface area (Å²) in [5.41, 5.74) is 0. The lowest BCUT2D eigenvalue weighted by Crippen LogP contribution is -2.16. The Kier molecular flexibility index (Phi) is 7.05. The first-order chi connectivity index (χ1) is 13.7. The van der Waals surface area contributed by atoms with E-state index in [9.17, 15) is 0 Å². The molecule has 2 saturated heterocycles. The monoisotopic (exact) mass is 388 g/mol. The van der Waals surface area contributed by atoms with E-state index in [1.54, 1.807) is 0 Å². The Morgan fingerprint density at radius 1 is 0.786 bits per heavy atom. The number of ether oxygens (including phenoxy) is 4. The Morgan fingerprint density at radius 2 is 1.46 bits per heavy atom. The minimum absolute atomic E-state index is 0.379. The van der Waals surface area contributed by atoms with Crippen molar-refractivity contribution in [1.82, 2.24) is 0 Å². The highest BCUT2D eigenvalue weighted by atomic mass is 16.6. The lowest BCUT2D eigenvalue weighted by molar-refractivity contribution is 0.0784. The van der Waals surface area contributed by atoms with Crippen LogP contribution in [0.25, 0.3) is 0 Å². The van der Waals surface area contributed by atoms with Crippen LogP contribution in [0.2, 0.25) is 0 Å². The molecule has 3 aliphatic carbocycles. The van der Waals surface area contributed by atoms with Crippen molar-refractivity contribution < 1.29 is 18.9 Å². The Balaban J connectivity index is 0.000000138. The van der Waals surface area contributed by atoms with Gasteiger partial charge in [0.15, 0.2) is 0 Å². The summed E-state index contributed by atoms with van der Waals surface area (Å²) in [6, 6.07) is 0. The first-order valence-corrected chi connectivity index (χ1v) is 11.1. The third-order valence-electron chi connectivity index (χ3n) is 6.91. The van der Waals surface area contributed by atoms with Gasteiger partial charge in [-0.2, -0.15) is 0 Å². The molecule has 2 bridgehead atoms. The van der Waals surface area contributed by atoms with E-state index >= 15 is 0 Å². The molecule has 0 spiro atoms. The molecular formula is C24H36O4. The fourth-order valence-electron chi connectivity index (χ4n) is 4.99. The predicted molar refractivity (Wildman–Crippen MR) is 110 cm³/mol. The molecule has 156 valence electrons. The molecule has 8 unspecified atom stereocenters. The Morgan fingerprint density at radius 3 is 1.96 bits per heavy atom. The molecule has 4 heteroatoms. The SMILES string of the molecule is C1=CC2CC1CC2COCC1CO1.C=CC1CC(C=C)C(COCC2CO2)C1. The summed E-state index contributed by atoms with van der Waals surface area (Å²) in [5, 5.41) is 0. The van der Waals surface area contributed by atoms with Crippen molar-refractivity contribution in [3.8, 4) is 0 Å². The first-order valence-electron chi connectivity index (χ1n) is 11.1. The van der Waals surface area contributed by atoms with Crippen LogP contribution >= 0.6 is 0 Å². The van der Waals surface area contributed by atoms with Gasteiger partial charge >= 0.3 is 0 Å². The quantitative estimate of drug-likeness (QED) is 0.419. The highest BCUT2D eigenvalue weighted by Crippen LogP contribution is 2.43. The first kappa shape index (κ1) is 20.3. The second-order valence-corrected chi connectivity index (χ2v) is 9.15. The molecule has 28 heavy (non-hydrogen) atoms. The maximum Gasteiger partial charge on any atom is 0.104 e. The van der Waals surface area contributed by atoms with Gasteiger partial charge in [-0.1, -0.05) is 24.3 Å². The van der Waals surface area contributed by atoms with Crippen LogP contribution in [0, 0.1) is 35.5 Å². The molecule has 2 heterocycles. The lowest BCUT2D eigenvalue weighted by Gasteiger charge is -2.17. The van der Waals surface area contributed by atoms with Gasteiger partial charge in [0.25, 0.3) is 0 Å². The van der Waals surface area contributed by atoms with Crippen LogP contribution in [0.3, 0.4) is 0 Å². The van der Waals surface area contributed by atoms with Crippen molar-refractivity contribution in [2.45, 2.75) is 37.9 Å². The summed E-state index contributed by atoms with van der Waals surface area (Å²) in [7, 11) is 0. The zero-order chi connectivity index (χ0) is 19.3. The number of hydrogen-bond acceptors (Lipinski definition) is 4. The molecule has 4 fully saturated rings.